The number of aromatic hydroxyl groups is 1. The van der Waals surface area contributed by atoms with Gasteiger partial charge < -0.3 is 5.11 Å². The van der Waals surface area contributed by atoms with E-state index in [4.69, 9.17) is 9.97 Å². The zero-order valence-electron chi connectivity index (χ0n) is 44.0. The van der Waals surface area contributed by atoms with Crippen molar-refractivity contribution in [2.24, 2.45) is 0 Å². The Morgan fingerprint density at radius 3 is 1.70 bits per heavy atom. The SMILES string of the molecule is Cc1cccc(C)c1-c1ccc(-c2ccnc(-c3[c-]c(-c4cccc5c4nc(-c4cc(C(C)(C)C)cc(C(C)(C)C)c4O)n5-c4ccc(C(C)(C)C)cc4-c4ccccc4)cc(C(C)(C)C)c3)c2)cc1.[Pt]. The maximum Gasteiger partial charge on any atom is 0.148 e. The van der Waals surface area contributed by atoms with E-state index in [2.05, 4.69) is 253 Å². The summed E-state index contributed by atoms with van der Waals surface area (Å²) >= 11 is 0. The number of hydrogen-bond acceptors (Lipinski definition) is 3. The fourth-order valence-corrected chi connectivity index (χ4v) is 9.74. The van der Waals surface area contributed by atoms with E-state index in [0.717, 1.165) is 72.5 Å². The van der Waals surface area contributed by atoms with E-state index in [-0.39, 0.29) is 48.5 Å². The van der Waals surface area contributed by atoms with Crippen LogP contribution in [0.1, 0.15) is 116 Å². The Kier molecular flexibility index (Phi) is 13.7. The van der Waals surface area contributed by atoms with Gasteiger partial charge in [-0.25, -0.2) is 4.98 Å². The Morgan fingerprint density at radius 2 is 1.07 bits per heavy atom. The summed E-state index contributed by atoms with van der Waals surface area (Å²) in [4.78, 5) is 10.7. The quantitative estimate of drug-likeness (QED) is 0.162. The number of rotatable bonds is 7. The van der Waals surface area contributed by atoms with Crippen LogP contribution in [-0.2, 0) is 42.7 Å². The van der Waals surface area contributed by atoms with Crippen molar-refractivity contribution in [3.8, 4) is 78.6 Å². The fourth-order valence-electron chi connectivity index (χ4n) is 9.74. The second kappa shape index (κ2) is 19.0. The molecule has 0 radical (unpaired) electrons. The monoisotopic (exact) mass is 1110 g/mol. The molecule has 0 aliphatic rings. The van der Waals surface area contributed by atoms with E-state index in [1.807, 2.05) is 6.20 Å². The largest absolute Gasteiger partial charge is 0.507 e. The van der Waals surface area contributed by atoms with Crippen LogP contribution in [0.15, 0.2) is 152 Å². The van der Waals surface area contributed by atoms with Crippen LogP contribution < -0.4 is 0 Å². The van der Waals surface area contributed by atoms with Crippen molar-refractivity contribution in [3.05, 3.63) is 191 Å². The Balaban J connectivity index is 0.00000676. The third kappa shape index (κ3) is 10.1. The molecule has 0 unspecified atom stereocenters. The van der Waals surface area contributed by atoms with Gasteiger partial charge in [0.15, 0.2) is 0 Å². The minimum Gasteiger partial charge on any atom is -0.507 e. The van der Waals surface area contributed by atoms with Crippen molar-refractivity contribution < 1.29 is 26.2 Å². The number of aromatic nitrogens is 3. The average Bonchev–Trinajstić information content (AvgIpc) is 3.70. The van der Waals surface area contributed by atoms with E-state index in [9.17, 15) is 5.11 Å². The molecule has 71 heavy (non-hydrogen) atoms. The predicted molar refractivity (Wildman–Crippen MR) is 296 cm³/mol. The summed E-state index contributed by atoms with van der Waals surface area (Å²) < 4.78 is 2.28. The average molecular weight is 1110 g/mol. The number of phenolic OH excluding ortho intramolecular Hbond substituents is 1. The number of pyridine rings is 1. The van der Waals surface area contributed by atoms with E-state index in [1.54, 1.807) is 0 Å². The molecular formula is C66H68N3OPt-. The molecule has 2 heterocycles. The van der Waals surface area contributed by atoms with Crippen LogP contribution in [0.25, 0.3) is 83.9 Å². The van der Waals surface area contributed by atoms with Gasteiger partial charge in [0.2, 0.25) is 0 Å². The van der Waals surface area contributed by atoms with Crippen molar-refractivity contribution in [3.63, 3.8) is 0 Å². The van der Waals surface area contributed by atoms with Gasteiger partial charge >= 0.3 is 0 Å². The van der Waals surface area contributed by atoms with E-state index in [0.29, 0.717) is 11.4 Å². The van der Waals surface area contributed by atoms with E-state index in [1.165, 1.54) is 33.4 Å². The number of benzene rings is 7. The molecule has 9 rings (SSSR count). The number of imidazole rings is 1. The molecule has 5 heteroatoms. The first kappa shape index (κ1) is 51.0. The zero-order chi connectivity index (χ0) is 50.1. The van der Waals surface area contributed by atoms with Gasteiger partial charge in [-0.2, -0.15) is 0 Å². The molecule has 0 aliphatic heterocycles. The maximum atomic E-state index is 12.6. The molecule has 2 aromatic heterocycles. The Bertz CT molecular complexity index is 3400. The molecular weight excluding hydrogens is 1050 g/mol. The summed E-state index contributed by atoms with van der Waals surface area (Å²) in [5.74, 6) is 0.933. The van der Waals surface area contributed by atoms with Crippen LogP contribution in [-0.4, -0.2) is 19.6 Å². The Labute approximate surface area is 437 Å². The molecule has 0 bridgehead atoms. The van der Waals surface area contributed by atoms with Gasteiger partial charge in [-0.15, -0.1) is 29.3 Å². The first-order chi connectivity index (χ1) is 33.0. The second-order valence-corrected chi connectivity index (χ2v) is 23.4. The van der Waals surface area contributed by atoms with Gasteiger partial charge in [-0.1, -0.05) is 197 Å². The number of aryl methyl sites for hydroxylation is 2. The first-order valence-corrected chi connectivity index (χ1v) is 24.8. The summed E-state index contributed by atoms with van der Waals surface area (Å²) in [5, 5.41) is 12.6. The topological polar surface area (TPSA) is 50.9 Å². The Hall–Kier alpha value is -6.35. The summed E-state index contributed by atoms with van der Waals surface area (Å²) in [6.45, 7) is 31.1. The molecule has 0 saturated carbocycles. The molecule has 364 valence electrons. The molecule has 9 aromatic rings. The number of phenols is 1. The summed E-state index contributed by atoms with van der Waals surface area (Å²) in [5.41, 5.74) is 20.3. The fraction of sp³-hybridized carbons (Fsp3) is 0.273. The van der Waals surface area contributed by atoms with Crippen molar-refractivity contribution in [1.82, 2.24) is 14.5 Å². The van der Waals surface area contributed by atoms with Crippen molar-refractivity contribution in [1.29, 1.82) is 0 Å². The molecule has 0 fully saturated rings. The van der Waals surface area contributed by atoms with Crippen LogP contribution in [0.5, 0.6) is 5.75 Å². The maximum absolute atomic E-state index is 12.6. The summed E-state index contributed by atoms with van der Waals surface area (Å²) in [7, 11) is 0. The third-order valence-electron chi connectivity index (χ3n) is 13.9. The summed E-state index contributed by atoms with van der Waals surface area (Å²) in [6.07, 6.45) is 1.91. The third-order valence-corrected chi connectivity index (χ3v) is 13.9. The van der Waals surface area contributed by atoms with Gasteiger partial charge in [0.1, 0.15) is 11.6 Å². The van der Waals surface area contributed by atoms with Crippen LogP contribution >= 0.6 is 0 Å². The molecule has 0 aliphatic carbocycles. The predicted octanol–water partition coefficient (Wildman–Crippen LogP) is 17.7. The van der Waals surface area contributed by atoms with Crippen LogP contribution in [0, 0.1) is 19.9 Å². The first-order valence-electron chi connectivity index (χ1n) is 24.8. The summed E-state index contributed by atoms with van der Waals surface area (Å²) in [6, 6.07) is 56.3. The van der Waals surface area contributed by atoms with Crippen LogP contribution in [0.2, 0.25) is 0 Å². The van der Waals surface area contributed by atoms with Crippen molar-refractivity contribution in [2.75, 3.05) is 0 Å². The van der Waals surface area contributed by atoms with E-state index >= 15 is 0 Å². The number of fused-ring (bicyclic) bond motifs is 1. The van der Waals surface area contributed by atoms with Gasteiger partial charge in [-0.05, 0) is 116 Å². The molecule has 0 atom stereocenters. The standard InChI is InChI=1S/C66H68N3O.Pt/c1-41-20-18-21-42(2)59(41)45-28-26-43(27-29-45)46-32-33-67-56(37-46)48-34-47(35-50(36-48)64(6,7)8)52-24-19-25-58-60(52)68-62(54-39-51(65(9,10)11)40-55(61(54)70)66(12,13)14)69(58)57-31-30-49(63(3,4)5)38-53(57)44-22-16-15-17-23-44;/h15-33,35-40,70H,1-14H3;/q-1;. The molecule has 1 N–H and O–H groups in total. The molecule has 4 nitrogen and oxygen atoms in total. The smallest absolute Gasteiger partial charge is 0.148 e. The number of nitrogens with zero attached hydrogens (tertiary/aromatic N) is 3. The number of para-hydroxylation sites is 1. The minimum absolute atomic E-state index is 0. The molecule has 0 saturated heterocycles. The zero-order valence-corrected chi connectivity index (χ0v) is 46.3. The van der Waals surface area contributed by atoms with Crippen molar-refractivity contribution in [2.45, 2.75) is 119 Å². The molecule has 7 aromatic carbocycles. The van der Waals surface area contributed by atoms with Crippen LogP contribution in [0.4, 0.5) is 0 Å². The molecule has 0 spiro atoms. The Morgan fingerprint density at radius 1 is 0.479 bits per heavy atom. The van der Waals surface area contributed by atoms with Crippen molar-refractivity contribution >= 4 is 11.0 Å². The van der Waals surface area contributed by atoms with Gasteiger partial charge in [-0.3, -0.25) is 9.55 Å². The van der Waals surface area contributed by atoms with Gasteiger partial charge in [0, 0.05) is 44.1 Å². The minimum atomic E-state index is -0.334. The number of hydrogen-bond donors (Lipinski definition) is 1. The second-order valence-electron chi connectivity index (χ2n) is 23.4. The van der Waals surface area contributed by atoms with Gasteiger partial charge in [0.05, 0.1) is 22.3 Å². The van der Waals surface area contributed by atoms with Crippen LogP contribution in [0.3, 0.4) is 0 Å². The van der Waals surface area contributed by atoms with Gasteiger partial charge in [0.25, 0.3) is 0 Å². The van der Waals surface area contributed by atoms with E-state index < -0.39 is 0 Å². The normalized spacial score (nSPS) is 12.3. The molecule has 0 amide bonds.